The standard InChI is InChI=1S/C13H24N2O5S/c1-21(19,20)9-6-11(13(17)18)15-12(16)3-2-10-4-7-14-8-5-10/h10-11,14H,2-9H2,1H3,(H,15,16)(H,17,18). The van der Waals surface area contributed by atoms with Crippen molar-refractivity contribution in [1.29, 1.82) is 0 Å². The minimum absolute atomic E-state index is 0.104. The minimum atomic E-state index is -3.24. The molecule has 0 aromatic rings. The van der Waals surface area contributed by atoms with E-state index in [0.717, 1.165) is 38.6 Å². The number of carbonyl (C=O) groups is 2. The van der Waals surface area contributed by atoms with Gasteiger partial charge >= 0.3 is 5.97 Å². The third-order valence-corrected chi connectivity index (χ3v) is 4.63. The molecule has 1 unspecified atom stereocenters. The third-order valence-electron chi connectivity index (χ3n) is 3.65. The largest absolute Gasteiger partial charge is 0.480 e. The van der Waals surface area contributed by atoms with Gasteiger partial charge in [0.1, 0.15) is 15.9 Å². The van der Waals surface area contributed by atoms with Crippen molar-refractivity contribution < 1.29 is 23.1 Å². The van der Waals surface area contributed by atoms with E-state index >= 15 is 0 Å². The summed E-state index contributed by atoms with van der Waals surface area (Å²) >= 11 is 0. The van der Waals surface area contributed by atoms with Crippen molar-refractivity contribution in [2.45, 2.75) is 38.1 Å². The highest BCUT2D eigenvalue weighted by atomic mass is 32.2. The Labute approximate surface area is 125 Å². The summed E-state index contributed by atoms with van der Waals surface area (Å²) in [4.78, 5) is 22.8. The van der Waals surface area contributed by atoms with E-state index in [9.17, 15) is 18.0 Å². The molecule has 1 rings (SSSR count). The minimum Gasteiger partial charge on any atom is -0.480 e. The molecule has 3 N–H and O–H groups in total. The first-order valence-electron chi connectivity index (χ1n) is 7.18. The van der Waals surface area contributed by atoms with E-state index in [1.54, 1.807) is 0 Å². The molecule has 1 atom stereocenters. The molecule has 7 nitrogen and oxygen atoms in total. The lowest BCUT2D eigenvalue weighted by atomic mass is 9.93. The summed E-state index contributed by atoms with van der Waals surface area (Å²) < 4.78 is 22.1. The number of sulfone groups is 1. The van der Waals surface area contributed by atoms with Crippen LogP contribution in [0.5, 0.6) is 0 Å². The van der Waals surface area contributed by atoms with Crippen molar-refractivity contribution in [1.82, 2.24) is 10.6 Å². The second-order valence-electron chi connectivity index (χ2n) is 5.61. The highest BCUT2D eigenvalue weighted by molar-refractivity contribution is 7.90. The molecule has 1 aliphatic rings. The summed E-state index contributed by atoms with van der Waals surface area (Å²) in [6.45, 7) is 1.91. The molecule has 8 heteroatoms. The maximum Gasteiger partial charge on any atom is 0.326 e. The Morgan fingerprint density at radius 3 is 2.48 bits per heavy atom. The van der Waals surface area contributed by atoms with Crippen LogP contribution in [0.2, 0.25) is 0 Å². The second kappa shape index (κ2) is 8.33. The fraction of sp³-hybridized carbons (Fsp3) is 0.846. The van der Waals surface area contributed by atoms with Gasteiger partial charge in [0.05, 0.1) is 5.75 Å². The lowest BCUT2D eigenvalue weighted by Gasteiger charge is -2.22. The number of aliphatic carboxylic acids is 1. The van der Waals surface area contributed by atoms with E-state index in [2.05, 4.69) is 10.6 Å². The Morgan fingerprint density at radius 1 is 1.33 bits per heavy atom. The Morgan fingerprint density at radius 2 is 1.95 bits per heavy atom. The average molecular weight is 320 g/mol. The van der Waals surface area contributed by atoms with Crippen LogP contribution in [0.15, 0.2) is 0 Å². The van der Waals surface area contributed by atoms with Crippen molar-refractivity contribution in [3.8, 4) is 0 Å². The Hall–Kier alpha value is -1.15. The first-order chi connectivity index (χ1) is 9.78. The normalized spacial score (nSPS) is 18.1. The fourth-order valence-electron chi connectivity index (χ4n) is 2.36. The molecule has 1 fully saturated rings. The monoisotopic (exact) mass is 320 g/mol. The molecule has 21 heavy (non-hydrogen) atoms. The van der Waals surface area contributed by atoms with Crippen LogP contribution in [0.3, 0.4) is 0 Å². The molecule has 1 aliphatic heterocycles. The molecule has 0 aromatic carbocycles. The van der Waals surface area contributed by atoms with Gasteiger partial charge < -0.3 is 15.7 Å². The predicted octanol–water partition coefficient (Wildman–Crippen LogP) is -0.230. The molecular formula is C13H24N2O5S. The number of nitrogens with one attached hydrogen (secondary N) is 2. The summed E-state index contributed by atoms with van der Waals surface area (Å²) in [5, 5.41) is 14.7. The molecular weight excluding hydrogens is 296 g/mol. The van der Waals surface area contributed by atoms with Crippen LogP contribution in [0.4, 0.5) is 0 Å². The van der Waals surface area contributed by atoms with Crippen molar-refractivity contribution in [2.75, 3.05) is 25.1 Å². The number of rotatable bonds is 8. The predicted molar refractivity (Wildman–Crippen MR) is 78.7 cm³/mol. The van der Waals surface area contributed by atoms with Gasteiger partial charge in [-0.25, -0.2) is 13.2 Å². The van der Waals surface area contributed by atoms with E-state index in [-0.39, 0.29) is 24.5 Å². The Bertz CT molecular complexity index is 457. The van der Waals surface area contributed by atoms with Crippen molar-refractivity contribution in [3.05, 3.63) is 0 Å². The van der Waals surface area contributed by atoms with Gasteiger partial charge in [0.15, 0.2) is 0 Å². The van der Waals surface area contributed by atoms with Crippen molar-refractivity contribution in [2.24, 2.45) is 5.92 Å². The van der Waals surface area contributed by atoms with Crippen LogP contribution in [0, 0.1) is 5.92 Å². The van der Waals surface area contributed by atoms with Gasteiger partial charge in [-0.3, -0.25) is 4.79 Å². The Balaban J connectivity index is 2.35. The SMILES string of the molecule is CS(=O)(=O)CCC(NC(=O)CCC1CCNCC1)C(=O)O. The molecule has 0 bridgehead atoms. The third kappa shape index (κ3) is 8.01. The van der Waals surface area contributed by atoms with E-state index in [0.29, 0.717) is 5.92 Å². The van der Waals surface area contributed by atoms with E-state index in [1.165, 1.54) is 0 Å². The van der Waals surface area contributed by atoms with Crippen LogP contribution in [0.1, 0.15) is 32.1 Å². The second-order valence-corrected chi connectivity index (χ2v) is 7.87. The summed E-state index contributed by atoms with van der Waals surface area (Å²) in [5.74, 6) is -1.28. The van der Waals surface area contributed by atoms with Gasteiger partial charge in [-0.1, -0.05) is 0 Å². The van der Waals surface area contributed by atoms with Crippen LogP contribution in [0.25, 0.3) is 0 Å². The van der Waals surface area contributed by atoms with E-state index in [4.69, 9.17) is 5.11 Å². The average Bonchev–Trinajstić information content (AvgIpc) is 2.41. The van der Waals surface area contributed by atoms with Gasteiger partial charge in [-0.05, 0) is 44.7 Å². The number of carboxylic acid groups (broad SMARTS) is 1. The summed E-state index contributed by atoms with van der Waals surface area (Å²) in [6, 6.07) is -1.14. The van der Waals surface area contributed by atoms with Gasteiger partial charge in [0, 0.05) is 12.7 Å². The lowest BCUT2D eigenvalue weighted by Crippen LogP contribution is -2.42. The molecule has 1 saturated heterocycles. The van der Waals surface area contributed by atoms with Gasteiger partial charge in [-0.2, -0.15) is 0 Å². The molecule has 0 radical (unpaired) electrons. The zero-order chi connectivity index (χ0) is 15.9. The lowest BCUT2D eigenvalue weighted by molar-refractivity contribution is -0.141. The smallest absolute Gasteiger partial charge is 0.326 e. The number of hydrogen-bond donors (Lipinski definition) is 3. The van der Waals surface area contributed by atoms with Crippen LogP contribution in [-0.2, 0) is 19.4 Å². The van der Waals surface area contributed by atoms with Gasteiger partial charge in [0.25, 0.3) is 0 Å². The van der Waals surface area contributed by atoms with Gasteiger partial charge in [0.2, 0.25) is 5.91 Å². The van der Waals surface area contributed by atoms with Crippen molar-refractivity contribution >= 4 is 21.7 Å². The van der Waals surface area contributed by atoms with Crippen LogP contribution < -0.4 is 10.6 Å². The quantitative estimate of drug-likeness (QED) is 0.569. The zero-order valence-corrected chi connectivity index (χ0v) is 13.1. The highest BCUT2D eigenvalue weighted by Crippen LogP contribution is 2.17. The first kappa shape index (κ1) is 17.9. The maximum atomic E-state index is 11.8. The summed E-state index contributed by atoms with van der Waals surface area (Å²) in [5.41, 5.74) is 0. The molecule has 122 valence electrons. The topological polar surface area (TPSA) is 113 Å². The van der Waals surface area contributed by atoms with Crippen LogP contribution in [-0.4, -0.2) is 56.5 Å². The molecule has 0 spiro atoms. The molecule has 1 amide bonds. The first-order valence-corrected chi connectivity index (χ1v) is 9.24. The fourth-order valence-corrected chi connectivity index (χ4v) is 3.03. The number of carboxylic acids is 1. The van der Waals surface area contributed by atoms with E-state index < -0.39 is 21.8 Å². The molecule has 0 aliphatic carbocycles. The number of carbonyl (C=O) groups excluding carboxylic acids is 1. The number of piperidine rings is 1. The number of amides is 1. The maximum absolute atomic E-state index is 11.8. The Kier molecular flexibility index (Phi) is 7.10. The van der Waals surface area contributed by atoms with Crippen LogP contribution >= 0.6 is 0 Å². The summed E-state index contributed by atoms with van der Waals surface area (Å²) in [6.07, 6.45) is 4.03. The highest BCUT2D eigenvalue weighted by Gasteiger charge is 2.22. The molecule has 0 saturated carbocycles. The molecule has 1 heterocycles. The zero-order valence-electron chi connectivity index (χ0n) is 12.3. The molecule has 0 aromatic heterocycles. The summed E-state index contributed by atoms with van der Waals surface area (Å²) in [7, 11) is -3.24. The van der Waals surface area contributed by atoms with Crippen molar-refractivity contribution in [3.63, 3.8) is 0 Å². The van der Waals surface area contributed by atoms with E-state index in [1.807, 2.05) is 0 Å². The van der Waals surface area contributed by atoms with Gasteiger partial charge in [-0.15, -0.1) is 0 Å². The number of hydrogen-bond acceptors (Lipinski definition) is 5.